The van der Waals surface area contributed by atoms with E-state index in [0.29, 0.717) is 17.0 Å². The summed E-state index contributed by atoms with van der Waals surface area (Å²) in [6.45, 7) is 0. The number of nitrogens with zero attached hydrogens (tertiary/aromatic N) is 2. The summed E-state index contributed by atoms with van der Waals surface area (Å²) in [6, 6.07) is 13.1. The predicted octanol–water partition coefficient (Wildman–Crippen LogP) is 2.81. The summed E-state index contributed by atoms with van der Waals surface area (Å²) < 4.78 is 0. The van der Waals surface area contributed by atoms with Gasteiger partial charge in [0.05, 0.1) is 11.0 Å². The summed E-state index contributed by atoms with van der Waals surface area (Å²) in [5.41, 5.74) is 3.20. The fourth-order valence-electron chi connectivity index (χ4n) is 2.27. The maximum atomic E-state index is 9.77. The lowest BCUT2D eigenvalue weighted by Crippen LogP contribution is -1.80. The number of phenolic OH excluding ortho intramolecular Hbond substituents is 1. The van der Waals surface area contributed by atoms with Crippen molar-refractivity contribution in [3.8, 4) is 17.3 Å². The third kappa shape index (κ3) is 1.41. The molecular formula is C14H10N4O. The van der Waals surface area contributed by atoms with Crippen LogP contribution in [0.5, 0.6) is 5.75 Å². The van der Waals surface area contributed by atoms with Crippen LogP contribution >= 0.6 is 0 Å². The van der Waals surface area contributed by atoms with E-state index in [2.05, 4.69) is 20.2 Å². The molecule has 2 aromatic heterocycles. The summed E-state index contributed by atoms with van der Waals surface area (Å²) in [6.07, 6.45) is 0. The molecule has 0 saturated carbocycles. The van der Waals surface area contributed by atoms with Gasteiger partial charge in [-0.3, -0.25) is 5.10 Å². The van der Waals surface area contributed by atoms with Crippen molar-refractivity contribution in [2.45, 2.75) is 0 Å². The van der Waals surface area contributed by atoms with Gasteiger partial charge in [0.25, 0.3) is 0 Å². The van der Waals surface area contributed by atoms with Gasteiger partial charge in [0.2, 0.25) is 0 Å². The van der Waals surface area contributed by atoms with Gasteiger partial charge in [-0.2, -0.15) is 5.10 Å². The Kier molecular flexibility index (Phi) is 1.91. The molecule has 4 rings (SSSR count). The number of nitrogens with one attached hydrogen (secondary N) is 2. The molecule has 4 aromatic rings. The highest BCUT2D eigenvalue weighted by molar-refractivity contribution is 5.95. The quantitative estimate of drug-likeness (QED) is 0.486. The zero-order chi connectivity index (χ0) is 12.8. The van der Waals surface area contributed by atoms with Crippen LogP contribution in [0.2, 0.25) is 0 Å². The molecular weight excluding hydrogens is 240 g/mol. The van der Waals surface area contributed by atoms with Crippen LogP contribution in [-0.4, -0.2) is 25.3 Å². The fourth-order valence-corrected chi connectivity index (χ4v) is 2.27. The largest absolute Gasteiger partial charge is 0.506 e. The number of para-hydroxylation sites is 3. The number of aromatic nitrogens is 4. The van der Waals surface area contributed by atoms with Crippen LogP contribution in [0.4, 0.5) is 0 Å². The van der Waals surface area contributed by atoms with E-state index in [0.717, 1.165) is 16.4 Å². The lowest BCUT2D eigenvalue weighted by atomic mass is 10.2. The molecule has 2 aromatic carbocycles. The van der Waals surface area contributed by atoms with Crippen molar-refractivity contribution in [3.63, 3.8) is 0 Å². The minimum absolute atomic E-state index is 0.187. The summed E-state index contributed by atoms with van der Waals surface area (Å²) >= 11 is 0. The minimum Gasteiger partial charge on any atom is -0.506 e. The van der Waals surface area contributed by atoms with Crippen LogP contribution in [0.3, 0.4) is 0 Å². The Morgan fingerprint density at radius 2 is 1.89 bits per heavy atom. The molecule has 0 aliphatic rings. The summed E-state index contributed by atoms with van der Waals surface area (Å²) in [7, 11) is 0. The van der Waals surface area contributed by atoms with Gasteiger partial charge >= 0.3 is 0 Å². The van der Waals surface area contributed by atoms with Gasteiger partial charge in [-0.25, -0.2) is 4.98 Å². The molecule has 5 heteroatoms. The number of aromatic amines is 2. The van der Waals surface area contributed by atoms with Crippen molar-refractivity contribution < 1.29 is 5.11 Å². The van der Waals surface area contributed by atoms with E-state index in [1.54, 1.807) is 12.1 Å². The molecule has 0 atom stereocenters. The van der Waals surface area contributed by atoms with E-state index < -0.39 is 0 Å². The van der Waals surface area contributed by atoms with Gasteiger partial charge in [0.15, 0.2) is 5.82 Å². The SMILES string of the molecule is Oc1cccc2c(-c3nc4ccccc4[nH]3)n[nH]c12. The molecule has 0 radical (unpaired) electrons. The first-order valence-corrected chi connectivity index (χ1v) is 5.94. The molecule has 92 valence electrons. The molecule has 0 spiro atoms. The molecule has 5 nitrogen and oxygen atoms in total. The molecule has 2 heterocycles. The van der Waals surface area contributed by atoms with Gasteiger partial charge in [-0.1, -0.05) is 24.3 Å². The highest BCUT2D eigenvalue weighted by Gasteiger charge is 2.13. The molecule has 0 amide bonds. The molecule has 0 bridgehead atoms. The molecule has 0 fully saturated rings. The van der Waals surface area contributed by atoms with Crippen LogP contribution in [0.25, 0.3) is 33.5 Å². The number of hydrogen-bond donors (Lipinski definition) is 3. The van der Waals surface area contributed by atoms with Crippen molar-refractivity contribution in [2.24, 2.45) is 0 Å². The third-order valence-corrected chi connectivity index (χ3v) is 3.19. The zero-order valence-electron chi connectivity index (χ0n) is 9.88. The van der Waals surface area contributed by atoms with Crippen molar-refractivity contribution in [1.29, 1.82) is 0 Å². The maximum absolute atomic E-state index is 9.77. The van der Waals surface area contributed by atoms with Crippen molar-refractivity contribution in [2.75, 3.05) is 0 Å². The number of benzene rings is 2. The Hall–Kier alpha value is -2.82. The predicted molar refractivity (Wildman–Crippen MR) is 72.8 cm³/mol. The Balaban J connectivity index is 2.01. The highest BCUT2D eigenvalue weighted by atomic mass is 16.3. The molecule has 0 unspecified atom stereocenters. The van der Waals surface area contributed by atoms with Gasteiger partial charge in [-0.15, -0.1) is 0 Å². The van der Waals surface area contributed by atoms with E-state index in [9.17, 15) is 5.11 Å². The Bertz CT molecular complexity index is 858. The van der Waals surface area contributed by atoms with Crippen LogP contribution in [0, 0.1) is 0 Å². The van der Waals surface area contributed by atoms with Crippen LogP contribution in [-0.2, 0) is 0 Å². The van der Waals surface area contributed by atoms with E-state index in [1.165, 1.54) is 0 Å². The molecule has 0 aliphatic heterocycles. The second kappa shape index (κ2) is 3.58. The number of H-pyrrole nitrogens is 2. The first kappa shape index (κ1) is 10.1. The van der Waals surface area contributed by atoms with Crippen molar-refractivity contribution >= 4 is 21.9 Å². The summed E-state index contributed by atoms with van der Waals surface area (Å²) in [5, 5.41) is 17.7. The smallest absolute Gasteiger partial charge is 0.159 e. The fraction of sp³-hybridized carbons (Fsp3) is 0. The summed E-state index contributed by atoms with van der Waals surface area (Å²) in [4.78, 5) is 7.75. The van der Waals surface area contributed by atoms with E-state index in [-0.39, 0.29) is 5.75 Å². The first-order chi connectivity index (χ1) is 9.33. The maximum Gasteiger partial charge on any atom is 0.159 e. The highest BCUT2D eigenvalue weighted by Crippen LogP contribution is 2.30. The molecule has 0 aliphatic carbocycles. The average molecular weight is 250 g/mol. The Morgan fingerprint density at radius 3 is 2.79 bits per heavy atom. The number of rotatable bonds is 1. The number of hydrogen-bond acceptors (Lipinski definition) is 3. The van der Waals surface area contributed by atoms with Crippen LogP contribution in [0.15, 0.2) is 42.5 Å². The molecule has 3 N–H and O–H groups in total. The average Bonchev–Trinajstić information content (AvgIpc) is 3.02. The van der Waals surface area contributed by atoms with E-state index in [1.807, 2.05) is 30.3 Å². The number of fused-ring (bicyclic) bond motifs is 2. The van der Waals surface area contributed by atoms with Crippen molar-refractivity contribution in [3.05, 3.63) is 42.5 Å². The Morgan fingerprint density at radius 1 is 1.00 bits per heavy atom. The van der Waals surface area contributed by atoms with Gasteiger partial charge in [-0.05, 0) is 18.2 Å². The second-order valence-corrected chi connectivity index (χ2v) is 4.37. The lowest BCUT2D eigenvalue weighted by molar-refractivity contribution is 0.480. The van der Waals surface area contributed by atoms with E-state index in [4.69, 9.17) is 0 Å². The van der Waals surface area contributed by atoms with Gasteiger partial charge < -0.3 is 10.1 Å². The van der Waals surface area contributed by atoms with Crippen LogP contribution in [0.1, 0.15) is 0 Å². The first-order valence-electron chi connectivity index (χ1n) is 5.94. The normalized spacial score (nSPS) is 11.4. The van der Waals surface area contributed by atoms with Gasteiger partial charge in [0, 0.05) is 5.39 Å². The number of phenols is 1. The monoisotopic (exact) mass is 250 g/mol. The summed E-state index contributed by atoms with van der Waals surface area (Å²) in [5.74, 6) is 0.880. The number of aromatic hydroxyl groups is 1. The van der Waals surface area contributed by atoms with Crippen LogP contribution < -0.4 is 0 Å². The number of imidazole rings is 1. The third-order valence-electron chi connectivity index (χ3n) is 3.19. The second-order valence-electron chi connectivity index (χ2n) is 4.37. The van der Waals surface area contributed by atoms with Crippen molar-refractivity contribution in [1.82, 2.24) is 20.2 Å². The van der Waals surface area contributed by atoms with E-state index >= 15 is 0 Å². The minimum atomic E-state index is 0.187. The molecule has 0 saturated heterocycles. The lowest BCUT2D eigenvalue weighted by Gasteiger charge is -1.94. The zero-order valence-corrected chi connectivity index (χ0v) is 9.88. The standard InChI is InChI=1S/C14H10N4O/c19-11-7-3-4-8-12(11)17-18-13(8)14-15-9-5-1-2-6-10(9)16-14/h1-7,19H,(H,15,16)(H,17,18). The topological polar surface area (TPSA) is 77.6 Å². The van der Waals surface area contributed by atoms with Gasteiger partial charge in [0.1, 0.15) is 17.0 Å². The molecule has 19 heavy (non-hydrogen) atoms. The Labute approximate surface area is 107 Å².